The Labute approximate surface area is 189 Å². The number of aliphatic carboxylic acids is 1. The first kappa shape index (κ1) is 21.5. The van der Waals surface area contributed by atoms with E-state index in [4.69, 9.17) is 5.11 Å². The lowest BCUT2D eigenvalue weighted by molar-refractivity contribution is -0.136. The van der Waals surface area contributed by atoms with E-state index in [0.29, 0.717) is 23.6 Å². The zero-order valence-corrected chi connectivity index (χ0v) is 18.3. The van der Waals surface area contributed by atoms with E-state index in [1.165, 1.54) is 11.2 Å². The summed E-state index contributed by atoms with van der Waals surface area (Å²) >= 11 is 1.63. The van der Waals surface area contributed by atoms with Gasteiger partial charge in [-0.1, -0.05) is 42.5 Å². The summed E-state index contributed by atoms with van der Waals surface area (Å²) in [5.41, 5.74) is 3.54. The molecule has 4 aromatic rings. The molecule has 0 unspecified atom stereocenters. The highest BCUT2D eigenvalue weighted by atomic mass is 32.1. The van der Waals surface area contributed by atoms with Crippen molar-refractivity contribution in [3.05, 3.63) is 71.4 Å². The fraction of sp³-hybridized carbons (Fsp3) is 0.167. The van der Waals surface area contributed by atoms with Crippen molar-refractivity contribution in [2.24, 2.45) is 0 Å². The van der Waals surface area contributed by atoms with Gasteiger partial charge in [0, 0.05) is 29.1 Å². The fourth-order valence-corrected chi connectivity index (χ4v) is 4.54. The van der Waals surface area contributed by atoms with Gasteiger partial charge >= 0.3 is 5.97 Å². The van der Waals surface area contributed by atoms with Gasteiger partial charge < -0.3 is 15.7 Å². The van der Waals surface area contributed by atoms with Crippen LogP contribution in [0.3, 0.4) is 0 Å². The number of fused-ring (bicyclic) bond motifs is 1. The number of aromatic nitrogens is 2. The number of hydrogen-bond acceptors (Lipinski definition) is 6. The number of carbonyl (C=O) groups is 2. The van der Waals surface area contributed by atoms with Crippen LogP contribution in [-0.2, 0) is 16.0 Å². The van der Waals surface area contributed by atoms with Crippen molar-refractivity contribution >= 4 is 44.9 Å². The lowest BCUT2D eigenvalue weighted by Crippen LogP contribution is -2.16. The van der Waals surface area contributed by atoms with Gasteiger partial charge in [-0.05, 0) is 30.2 Å². The SMILES string of the molecule is Cc1sc2ncnc(NCCC(=O)Nc3ccc(CC(=O)O)cc3)c2c1-c1ccccc1. The van der Waals surface area contributed by atoms with Crippen molar-refractivity contribution in [1.82, 2.24) is 9.97 Å². The Balaban J connectivity index is 1.42. The van der Waals surface area contributed by atoms with E-state index < -0.39 is 5.97 Å². The lowest BCUT2D eigenvalue weighted by Gasteiger charge is -2.10. The smallest absolute Gasteiger partial charge is 0.307 e. The van der Waals surface area contributed by atoms with Crippen molar-refractivity contribution in [3.8, 4) is 11.1 Å². The molecule has 8 heteroatoms. The first-order chi connectivity index (χ1) is 15.5. The summed E-state index contributed by atoms with van der Waals surface area (Å²) in [7, 11) is 0. The first-order valence-electron chi connectivity index (χ1n) is 10.1. The predicted octanol–water partition coefficient (Wildman–Crippen LogP) is 4.73. The third-order valence-corrected chi connectivity index (χ3v) is 5.98. The zero-order valence-electron chi connectivity index (χ0n) is 17.5. The molecule has 32 heavy (non-hydrogen) atoms. The minimum atomic E-state index is -0.886. The number of hydrogen-bond donors (Lipinski definition) is 3. The molecular formula is C24H22N4O3S. The Kier molecular flexibility index (Phi) is 6.42. The number of thiophene rings is 1. The standard InChI is InChI=1S/C24H22N4O3S/c1-15-21(17-5-3-2-4-6-17)22-23(26-14-27-24(22)32-15)25-12-11-19(29)28-18-9-7-16(8-10-18)13-20(30)31/h2-10,14H,11-13H2,1H3,(H,28,29)(H,30,31)(H,25,26,27). The third kappa shape index (κ3) is 4.92. The van der Waals surface area contributed by atoms with Crippen LogP contribution in [0.4, 0.5) is 11.5 Å². The van der Waals surface area contributed by atoms with Gasteiger partial charge in [-0.25, -0.2) is 9.97 Å². The summed E-state index contributed by atoms with van der Waals surface area (Å²) in [5, 5.41) is 15.9. The molecule has 0 atom stereocenters. The maximum absolute atomic E-state index is 12.3. The molecule has 0 spiro atoms. The number of nitrogens with zero attached hydrogens (tertiary/aromatic N) is 2. The minimum Gasteiger partial charge on any atom is -0.481 e. The highest BCUT2D eigenvalue weighted by Crippen LogP contribution is 2.40. The molecule has 0 saturated carbocycles. The van der Waals surface area contributed by atoms with Crippen LogP contribution in [0.15, 0.2) is 60.9 Å². The number of nitrogens with one attached hydrogen (secondary N) is 2. The van der Waals surface area contributed by atoms with Crippen molar-refractivity contribution in [2.75, 3.05) is 17.2 Å². The van der Waals surface area contributed by atoms with Gasteiger partial charge in [0.25, 0.3) is 0 Å². The topological polar surface area (TPSA) is 104 Å². The number of carbonyl (C=O) groups excluding carboxylic acids is 1. The van der Waals surface area contributed by atoms with Gasteiger partial charge in [-0.3, -0.25) is 9.59 Å². The number of amides is 1. The molecule has 4 rings (SSSR count). The van der Waals surface area contributed by atoms with Crippen LogP contribution in [0.2, 0.25) is 0 Å². The molecule has 0 saturated heterocycles. The largest absolute Gasteiger partial charge is 0.481 e. The van der Waals surface area contributed by atoms with Crippen LogP contribution in [0.1, 0.15) is 16.9 Å². The second kappa shape index (κ2) is 9.57. The maximum Gasteiger partial charge on any atom is 0.307 e. The van der Waals surface area contributed by atoms with E-state index in [-0.39, 0.29) is 18.7 Å². The number of carboxylic acids is 1. The van der Waals surface area contributed by atoms with Crippen LogP contribution in [0.5, 0.6) is 0 Å². The van der Waals surface area contributed by atoms with Crippen LogP contribution in [0, 0.1) is 6.92 Å². The Bertz CT molecular complexity index is 1250. The predicted molar refractivity (Wildman–Crippen MR) is 127 cm³/mol. The van der Waals surface area contributed by atoms with Crippen LogP contribution < -0.4 is 10.6 Å². The molecule has 2 aromatic heterocycles. The second-order valence-corrected chi connectivity index (χ2v) is 8.50. The van der Waals surface area contributed by atoms with E-state index in [2.05, 4.69) is 39.7 Å². The quantitative estimate of drug-likeness (QED) is 0.361. The molecule has 2 heterocycles. The van der Waals surface area contributed by atoms with Crippen LogP contribution >= 0.6 is 11.3 Å². The van der Waals surface area contributed by atoms with Gasteiger partial charge in [0.2, 0.25) is 5.91 Å². The highest BCUT2D eigenvalue weighted by molar-refractivity contribution is 7.19. The number of benzene rings is 2. The molecule has 1 amide bonds. The molecule has 0 fully saturated rings. The summed E-state index contributed by atoms with van der Waals surface area (Å²) < 4.78 is 0. The Hall–Kier alpha value is -3.78. The monoisotopic (exact) mass is 446 g/mol. The molecular weight excluding hydrogens is 424 g/mol. The molecule has 7 nitrogen and oxygen atoms in total. The van der Waals surface area contributed by atoms with Crippen LogP contribution in [-0.4, -0.2) is 33.5 Å². The van der Waals surface area contributed by atoms with Crippen molar-refractivity contribution in [2.45, 2.75) is 19.8 Å². The number of anilines is 2. The van der Waals surface area contributed by atoms with Gasteiger partial charge in [0.15, 0.2) is 0 Å². The maximum atomic E-state index is 12.3. The Morgan fingerprint density at radius 1 is 1.03 bits per heavy atom. The Morgan fingerprint density at radius 2 is 1.78 bits per heavy atom. The van der Waals surface area contributed by atoms with Crippen molar-refractivity contribution < 1.29 is 14.7 Å². The van der Waals surface area contributed by atoms with E-state index in [0.717, 1.165) is 21.3 Å². The third-order valence-electron chi connectivity index (χ3n) is 4.96. The molecule has 0 aliphatic carbocycles. The highest BCUT2D eigenvalue weighted by Gasteiger charge is 2.16. The summed E-state index contributed by atoms with van der Waals surface area (Å²) in [6, 6.07) is 17.0. The fourth-order valence-electron chi connectivity index (χ4n) is 3.53. The summed E-state index contributed by atoms with van der Waals surface area (Å²) in [5.74, 6) is -0.314. The average Bonchev–Trinajstić information content (AvgIpc) is 3.12. The lowest BCUT2D eigenvalue weighted by atomic mass is 10.0. The van der Waals surface area contributed by atoms with E-state index in [9.17, 15) is 9.59 Å². The normalized spacial score (nSPS) is 10.8. The molecule has 162 valence electrons. The molecule has 3 N–H and O–H groups in total. The molecule has 0 bridgehead atoms. The first-order valence-corrected chi connectivity index (χ1v) is 11.0. The molecule has 0 aliphatic rings. The van der Waals surface area contributed by atoms with Gasteiger partial charge in [-0.15, -0.1) is 11.3 Å². The van der Waals surface area contributed by atoms with E-state index in [1.807, 2.05) is 18.2 Å². The molecule has 2 aromatic carbocycles. The summed E-state index contributed by atoms with van der Waals surface area (Å²) in [6.07, 6.45) is 1.75. The molecule has 0 radical (unpaired) electrons. The Morgan fingerprint density at radius 3 is 2.50 bits per heavy atom. The average molecular weight is 447 g/mol. The van der Waals surface area contributed by atoms with Crippen molar-refractivity contribution in [1.29, 1.82) is 0 Å². The van der Waals surface area contributed by atoms with Crippen LogP contribution in [0.25, 0.3) is 21.3 Å². The van der Waals surface area contributed by atoms with E-state index >= 15 is 0 Å². The number of aryl methyl sites for hydroxylation is 1. The molecule has 0 aliphatic heterocycles. The second-order valence-electron chi connectivity index (χ2n) is 7.29. The van der Waals surface area contributed by atoms with Gasteiger partial charge in [-0.2, -0.15) is 0 Å². The zero-order chi connectivity index (χ0) is 22.5. The number of carboxylic acid groups (broad SMARTS) is 1. The van der Waals surface area contributed by atoms with Gasteiger partial charge in [0.05, 0.1) is 11.8 Å². The van der Waals surface area contributed by atoms with E-state index in [1.54, 1.807) is 35.6 Å². The minimum absolute atomic E-state index is 0.0431. The number of rotatable bonds is 8. The summed E-state index contributed by atoms with van der Waals surface area (Å²) in [6.45, 7) is 2.49. The van der Waals surface area contributed by atoms with Crippen molar-refractivity contribution in [3.63, 3.8) is 0 Å². The van der Waals surface area contributed by atoms with Gasteiger partial charge in [0.1, 0.15) is 17.0 Å². The summed E-state index contributed by atoms with van der Waals surface area (Å²) in [4.78, 5) is 34.0.